The topological polar surface area (TPSA) is 49.8 Å². The summed E-state index contributed by atoms with van der Waals surface area (Å²) < 4.78 is 54.2. The van der Waals surface area contributed by atoms with E-state index in [-0.39, 0.29) is 6.54 Å². The minimum atomic E-state index is -4.53. The van der Waals surface area contributed by atoms with Gasteiger partial charge in [-0.2, -0.15) is 13.2 Å². The number of halogens is 4. The van der Waals surface area contributed by atoms with Crippen molar-refractivity contribution in [3.05, 3.63) is 29.6 Å². The molecule has 22 heavy (non-hydrogen) atoms. The zero-order chi connectivity index (χ0) is 16.3. The maximum atomic E-state index is 13.7. The third-order valence-electron chi connectivity index (χ3n) is 3.42. The molecule has 0 spiro atoms. The summed E-state index contributed by atoms with van der Waals surface area (Å²) in [7, 11) is 0. The SMILES string of the molecule is O=C(O)C1CCCN1Cc1ccc(OCC(F)(F)F)c(F)c1. The first-order valence-electron chi connectivity index (χ1n) is 6.71. The summed E-state index contributed by atoms with van der Waals surface area (Å²) in [4.78, 5) is 12.8. The fraction of sp³-hybridized carbons (Fsp3) is 0.500. The third kappa shape index (κ3) is 4.33. The Morgan fingerprint density at radius 2 is 2.14 bits per heavy atom. The van der Waals surface area contributed by atoms with Crippen LogP contribution in [0.4, 0.5) is 17.6 Å². The second-order valence-electron chi connectivity index (χ2n) is 5.14. The number of aliphatic carboxylic acids is 1. The lowest BCUT2D eigenvalue weighted by atomic mass is 10.1. The number of likely N-dealkylation sites (tertiary alicyclic amines) is 1. The molecule has 0 bridgehead atoms. The van der Waals surface area contributed by atoms with Crippen molar-refractivity contribution in [2.75, 3.05) is 13.2 Å². The molecule has 0 saturated carbocycles. The lowest BCUT2D eigenvalue weighted by Crippen LogP contribution is -2.35. The van der Waals surface area contributed by atoms with Gasteiger partial charge in [0.1, 0.15) is 6.04 Å². The molecule has 2 rings (SSSR count). The van der Waals surface area contributed by atoms with Gasteiger partial charge in [-0.05, 0) is 37.1 Å². The lowest BCUT2D eigenvalue weighted by Gasteiger charge is -2.21. The summed E-state index contributed by atoms with van der Waals surface area (Å²) in [6, 6.07) is 3.03. The Balaban J connectivity index is 2.01. The van der Waals surface area contributed by atoms with Crippen LogP contribution in [0.25, 0.3) is 0 Å². The first-order chi connectivity index (χ1) is 10.3. The van der Waals surface area contributed by atoms with E-state index in [1.165, 1.54) is 6.07 Å². The minimum absolute atomic E-state index is 0.230. The smallest absolute Gasteiger partial charge is 0.422 e. The summed E-state index contributed by atoms with van der Waals surface area (Å²) >= 11 is 0. The number of carboxylic acids is 1. The summed E-state index contributed by atoms with van der Waals surface area (Å²) in [6.45, 7) is -0.741. The lowest BCUT2D eigenvalue weighted by molar-refractivity contribution is -0.153. The van der Waals surface area contributed by atoms with E-state index >= 15 is 0 Å². The zero-order valence-electron chi connectivity index (χ0n) is 11.6. The predicted octanol–water partition coefficient (Wildman–Crippen LogP) is 2.82. The van der Waals surface area contributed by atoms with E-state index in [2.05, 4.69) is 4.74 Å². The largest absolute Gasteiger partial charge is 0.481 e. The van der Waals surface area contributed by atoms with Gasteiger partial charge in [-0.3, -0.25) is 9.69 Å². The maximum Gasteiger partial charge on any atom is 0.422 e. The van der Waals surface area contributed by atoms with Crippen LogP contribution in [0.15, 0.2) is 18.2 Å². The number of alkyl halides is 3. The van der Waals surface area contributed by atoms with Crippen LogP contribution in [0.1, 0.15) is 18.4 Å². The van der Waals surface area contributed by atoms with Gasteiger partial charge in [0.05, 0.1) is 0 Å². The van der Waals surface area contributed by atoms with Crippen LogP contribution in [0.2, 0.25) is 0 Å². The van der Waals surface area contributed by atoms with Crippen LogP contribution in [-0.4, -0.2) is 41.3 Å². The van der Waals surface area contributed by atoms with Gasteiger partial charge in [-0.1, -0.05) is 6.07 Å². The average Bonchev–Trinajstić information content (AvgIpc) is 2.85. The molecule has 0 aromatic heterocycles. The Morgan fingerprint density at radius 1 is 1.41 bits per heavy atom. The molecule has 1 aromatic carbocycles. The Morgan fingerprint density at radius 3 is 2.73 bits per heavy atom. The molecule has 122 valence electrons. The molecule has 0 radical (unpaired) electrons. The number of carbonyl (C=O) groups is 1. The van der Waals surface area contributed by atoms with Crippen LogP contribution in [0.5, 0.6) is 5.75 Å². The van der Waals surface area contributed by atoms with Crippen LogP contribution >= 0.6 is 0 Å². The normalized spacial score (nSPS) is 19.4. The number of hydrogen-bond donors (Lipinski definition) is 1. The van der Waals surface area contributed by atoms with E-state index < -0.39 is 36.4 Å². The van der Waals surface area contributed by atoms with Crippen LogP contribution < -0.4 is 4.74 Å². The zero-order valence-corrected chi connectivity index (χ0v) is 11.6. The van der Waals surface area contributed by atoms with Gasteiger partial charge in [0.15, 0.2) is 18.2 Å². The highest BCUT2D eigenvalue weighted by atomic mass is 19.4. The molecule has 0 amide bonds. The van der Waals surface area contributed by atoms with Crippen molar-refractivity contribution in [3.8, 4) is 5.75 Å². The van der Waals surface area contributed by atoms with Crippen molar-refractivity contribution in [3.63, 3.8) is 0 Å². The predicted molar refractivity (Wildman–Crippen MR) is 69.0 cm³/mol. The van der Waals surface area contributed by atoms with Crippen molar-refractivity contribution >= 4 is 5.97 Å². The number of rotatable bonds is 5. The van der Waals surface area contributed by atoms with E-state index in [0.29, 0.717) is 18.5 Å². The molecule has 1 saturated heterocycles. The van der Waals surface area contributed by atoms with E-state index in [4.69, 9.17) is 5.11 Å². The van der Waals surface area contributed by atoms with Gasteiger partial charge in [0.2, 0.25) is 0 Å². The molecule has 1 fully saturated rings. The molecule has 4 nitrogen and oxygen atoms in total. The first kappa shape index (κ1) is 16.5. The van der Waals surface area contributed by atoms with Crippen molar-refractivity contribution in [2.45, 2.75) is 31.6 Å². The number of hydrogen-bond acceptors (Lipinski definition) is 3. The highest BCUT2D eigenvalue weighted by molar-refractivity contribution is 5.73. The molecule has 1 unspecified atom stereocenters. The molecule has 1 N–H and O–H groups in total. The van der Waals surface area contributed by atoms with Crippen molar-refractivity contribution in [1.29, 1.82) is 0 Å². The molecule has 1 heterocycles. The molecule has 1 aliphatic rings. The molecular formula is C14H15F4NO3. The summed E-state index contributed by atoms with van der Waals surface area (Å²) in [5, 5.41) is 9.06. The fourth-order valence-corrected chi connectivity index (χ4v) is 2.45. The standard InChI is InChI=1S/C14H15F4NO3/c15-10-6-9(3-4-12(10)22-8-14(16,17)18)7-19-5-1-2-11(19)13(20)21/h3-4,6,11H,1-2,5,7-8H2,(H,20,21). The summed E-state index contributed by atoms with van der Waals surface area (Å²) in [5.41, 5.74) is 0.491. The molecule has 1 aliphatic heterocycles. The number of nitrogens with zero attached hydrogens (tertiary/aromatic N) is 1. The summed E-state index contributed by atoms with van der Waals surface area (Å²) in [6.07, 6.45) is -3.26. The molecule has 0 aliphatic carbocycles. The van der Waals surface area contributed by atoms with Crippen LogP contribution in [-0.2, 0) is 11.3 Å². The van der Waals surface area contributed by atoms with Gasteiger partial charge in [-0.15, -0.1) is 0 Å². The van der Waals surface area contributed by atoms with Crippen molar-refractivity contribution < 1.29 is 32.2 Å². The maximum absolute atomic E-state index is 13.7. The van der Waals surface area contributed by atoms with E-state index in [1.54, 1.807) is 4.90 Å². The number of benzene rings is 1. The monoisotopic (exact) mass is 321 g/mol. The minimum Gasteiger partial charge on any atom is -0.481 e. The second-order valence-corrected chi connectivity index (χ2v) is 5.14. The highest BCUT2D eigenvalue weighted by Crippen LogP contribution is 2.25. The first-order valence-corrected chi connectivity index (χ1v) is 6.71. The van der Waals surface area contributed by atoms with E-state index in [1.807, 2.05) is 0 Å². The Labute approximate surface area is 124 Å². The Kier molecular flexibility index (Phi) is 4.90. The van der Waals surface area contributed by atoms with Gasteiger partial charge in [0, 0.05) is 6.54 Å². The van der Waals surface area contributed by atoms with Gasteiger partial charge in [0.25, 0.3) is 0 Å². The van der Waals surface area contributed by atoms with Crippen LogP contribution in [0.3, 0.4) is 0 Å². The van der Waals surface area contributed by atoms with E-state index in [9.17, 15) is 22.4 Å². The molecule has 8 heteroatoms. The van der Waals surface area contributed by atoms with Gasteiger partial charge >= 0.3 is 12.1 Å². The second kappa shape index (κ2) is 6.51. The third-order valence-corrected chi connectivity index (χ3v) is 3.42. The Hall–Kier alpha value is -1.83. The highest BCUT2D eigenvalue weighted by Gasteiger charge is 2.31. The van der Waals surface area contributed by atoms with E-state index in [0.717, 1.165) is 18.6 Å². The van der Waals surface area contributed by atoms with Gasteiger partial charge < -0.3 is 9.84 Å². The molecular weight excluding hydrogens is 306 g/mol. The molecule has 1 atom stereocenters. The Bertz CT molecular complexity index is 547. The molecule has 1 aromatic rings. The van der Waals surface area contributed by atoms with Crippen molar-refractivity contribution in [1.82, 2.24) is 4.90 Å². The van der Waals surface area contributed by atoms with Gasteiger partial charge in [-0.25, -0.2) is 4.39 Å². The summed E-state index contributed by atoms with van der Waals surface area (Å²) in [5.74, 6) is -2.30. The average molecular weight is 321 g/mol. The number of ether oxygens (including phenoxy) is 1. The fourth-order valence-electron chi connectivity index (χ4n) is 2.45. The van der Waals surface area contributed by atoms with Crippen LogP contribution in [0, 0.1) is 5.82 Å². The number of carboxylic acid groups (broad SMARTS) is 1. The van der Waals surface area contributed by atoms with Crippen molar-refractivity contribution in [2.24, 2.45) is 0 Å². The quantitative estimate of drug-likeness (QED) is 0.847.